The van der Waals surface area contributed by atoms with Crippen LogP contribution in [0.5, 0.6) is 0 Å². The van der Waals surface area contributed by atoms with E-state index in [2.05, 4.69) is 24.1 Å². The minimum absolute atomic E-state index is 0.204. The predicted molar refractivity (Wildman–Crippen MR) is 75.7 cm³/mol. The third-order valence-electron chi connectivity index (χ3n) is 2.49. The molecule has 0 aromatic heterocycles. The lowest BCUT2D eigenvalue weighted by Crippen LogP contribution is -2.37. The summed E-state index contributed by atoms with van der Waals surface area (Å²) in [5, 5.41) is 3.16. The van der Waals surface area contributed by atoms with Crippen LogP contribution in [0.2, 0.25) is 0 Å². The Labute approximate surface area is 112 Å². The molecule has 0 amide bonds. The fourth-order valence-electron chi connectivity index (χ4n) is 1.65. The summed E-state index contributed by atoms with van der Waals surface area (Å²) in [5.74, 6) is 0.827. The number of hydrogen-bond acceptors (Lipinski definition) is 5. The zero-order valence-electron chi connectivity index (χ0n) is 12.1. The number of nitrogens with one attached hydrogen (secondary N) is 1. The summed E-state index contributed by atoms with van der Waals surface area (Å²) in [5.41, 5.74) is 0. The summed E-state index contributed by atoms with van der Waals surface area (Å²) >= 11 is 0. The monoisotopic (exact) mass is 280 g/mol. The first-order valence-corrected chi connectivity index (χ1v) is 8.51. The SMILES string of the molecule is COCCN(CCNCCS(C)(=O)=O)CC(C)C. The second-order valence-electron chi connectivity index (χ2n) is 5.07. The highest BCUT2D eigenvalue weighted by molar-refractivity contribution is 7.90. The van der Waals surface area contributed by atoms with E-state index in [0.29, 0.717) is 12.5 Å². The largest absolute Gasteiger partial charge is 0.383 e. The third-order valence-corrected chi connectivity index (χ3v) is 3.44. The molecule has 1 N–H and O–H groups in total. The Morgan fingerprint density at radius 3 is 2.39 bits per heavy atom. The number of rotatable bonds is 11. The third kappa shape index (κ3) is 12.3. The molecule has 0 rings (SSSR count). The van der Waals surface area contributed by atoms with Crippen molar-refractivity contribution in [1.29, 1.82) is 0 Å². The van der Waals surface area contributed by atoms with E-state index >= 15 is 0 Å². The lowest BCUT2D eigenvalue weighted by atomic mass is 10.2. The van der Waals surface area contributed by atoms with Crippen LogP contribution in [0.3, 0.4) is 0 Å². The molecule has 0 fully saturated rings. The zero-order chi connectivity index (χ0) is 14.0. The second-order valence-corrected chi connectivity index (χ2v) is 7.33. The van der Waals surface area contributed by atoms with Crippen molar-refractivity contribution in [1.82, 2.24) is 10.2 Å². The number of ether oxygens (including phenoxy) is 1. The first-order valence-electron chi connectivity index (χ1n) is 6.45. The smallest absolute Gasteiger partial charge is 0.148 e. The van der Waals surface area contributed by atoms with Gasteiger partial charge in [-0.3, -0.25) is 4.90 Å². The van der Waals surface area contributed by atoms with Gasteiger partial charge in [0.25, 0.3) is 0 Å². The van der Waals surface area contributed by atoms with Gasteiger partial charge in [-0.05, 0) is 5.92 Å². The van der Waals surface area contributed by atoms with Crippen molar-refractivity contribution in [3.8, 4) is 0 Å². The van der Waals surface area contributed by atoms with E-state index in [-0.39, 0.29) is 5.75 Å². The molecular formula is C12H28N2O3S. The summed E-state index contributed by atoms with van der Waals surface area (Å²) < 4.78 is 27.0. The Balaban J connectivity index is 3.74. The van der Waals surface area contributed by atoms with Gasteiger partial charge in [-0.2, -0.15) is 0 Å². The van der Waals surface area contributed by atoms with Crippen LogP contribution in [-0.2, 0) is 14.6 Å². The van der Waals surface area contributed by atoms with E-state index in [4.69, 9.17) is 4.74 Å². The van der Waals surface area contributed by atoms with Crippen molar-refractivity contribution in [3.05, 3.63) is 0 Å². The van der Waals surface area contributed by atoms with Crippen LogP contribution in [-0.4, -0.2) is 71.8 Å². The molecule has 0 atom stereocenters. The van der Waals surface area contributed by atoms with Crippen LogP contribution in [0, 0.1) is 5.92 Å². The number of methoxy groups -OCH3 is 1. The topological polar surface area (TPSA) is 58.6 Å². The molecule has 18 heavy (non-hydrogen) atoms. The molecule has 0 spiro atoms. The molecular weight excluding hydrogens is 252 g/mol. The van der Waals surface area contributed by atoms with Crippen molar-refractivity contribution in [2.24, 2.45) is 5.92 Å². The Morgan fingerprint density at radius 2 is 1.89 bits per heavy atom. The molecule has 0 aliphatic heterocycles. The Morgan fingerprint density at radius 1 is 1.22 bits per heavy atom. The van der Waals surface area contributed by atoms with Gasteiger partial charge < -0.3 is 10.1 Å². The van der Waals surface area contributed by atoms with Gasteiger partial charge in [-0.1, -0.05) is 13.8 Å². The number of sulfone groups is 1. The summed E-state index contributed by atoms with van der Waals surface area (Å²) in [6.07, 6.45) is 1.26. The van der Waals surface area contributed by atoms with Crippen LogP contribution in [0.15, 0.2) is 0 Å². The minimum atomic E-state index is -2.85. The molecule has 0 bridgehead atoms. The standard InChI is InChI=1S/C12H28N2O3S/c1-12(2)11-14(8-9-17-3)7-5-13-6-10-18(4,15)16/h12-13H,5-11H2,1-4H3. The number of hydrogen-bond donors (Lipinski definition) is 1. The van der Waals surface area contributed by atoms with Crippen molar-refractivity contribution >= 4 is 9.84 Å². The highest BCUT2D eigenvalue weighted by atomic mass is 32.2. The predicted octanol–water partition coefficient (Wildman–Crippen LogP) is 0.225. The van der Waals surface area contributed by atoms with E-state index in [1.165, 1.54) is 6.26 Å². The summed E-state index contributed by atoms with van der Waals surface area (Å²) in [6, 6.07) is 0. The lowest BCUT2D eigenvalue weighted by Gasteiger charge is -2.24. The summed E-state index contributed by atoms with van der Waals surface area (Å²) in [7, 11) is -1.15. The molecule has 0 saturated carbocycles. The fraction of sp³-hybridized carbons (Fsp3) is 1.00. The van der Waals surface area contributed by atoms with E-state index in [0.717, 1.165) is 32.8 Å². The second kappa shape index (κ2) is 9.72. The zero-order valence-corrected chi connectivity index (χ0v) is 12.9. The molecule has 0 unspecified atom stereocenters. The Hall–Kier alpha value is -0.170. The van der Waals surface area contributed by atoms with Crippen LogP contribution in [0.25, 0.3) is 0 Å². The van der Waals surface area contributed by atoms with Crippen molar-refractivity contribution in [2.45, 2.75) is 13.8 Å². The molecule has 0 saturated heterocycles. The fourth-order valence-corrected chi connectivity index (χ4v) is 2.17. The summed E-state index contributed by atoms with van der Waals surface area (Å²) in [6.45, 7) is 9.33. The van der Waals surface area contributed by atoms with Gasteiger partial charge in [0, 0.05) is 46.1 Å². The van der Waals surface area contributed by atoms with Crippen LogP contribution in [0.1, 0.15) is 13.8 Å². The van der Waals surface area contributed by atoms with Gasteiger partial charge in [-0.15, -0.1) is 0 Å². The normalized spacial score (nSPS) is 12.6. The molecule has 0 radical (unpaired) electrons. The maximum Gasteiger partial charge on any atom is 0.148 e. The van der Waals surface area contributed by atoms with E-state index in [1.54, 1.807) is 7.11 Å². The van der Waals surface area contributed by atoms with Crippen molar-refractivity contribution < 1.29 is 13.2 Å². The highest BCUT2D eigenvalue weighted by Gasteiger charge is 2.07. The van der Waals surface area contributed by atoms with E-state index < -0.39 is 9.84 Å². The molecule has 6 heteroatoms. The molecule has 0 heterocycles. The molecule has 0 aromatic carbocycles. The molecule has 110 valence electrons. The van der Waals surface area contributed by atoms with Gasteiger partial charge in [0.1, 0.15) is 9.84 Å². The van der Waals surface area contributed by atoms with Gasteiger partial charge in [-0.25, -0.2) is 8.42 Å². The minimum Gasteiger partial charge on any atom is -0.383 e. The first-order chi connectivity index (χ1) is 8.35. The van der Waals surface area contributed by atoms with Gasteiger partial charge in [0.15, 0.2) is 0 Å². The molecule has 5 nitrogen and oxygen atoms in total. The van der Waals surface area contributed by atoms with Crippen molar-refractivity contribution in [2.75, 3.05) is 58.4 Å². The van der Waals surface area contributed by atoms with Crippen LogP contribution < -0.4 is 5.32 Å². The Bertz CT molecular complexity index is 292. The quantitative estimate of drug-likeness (QED) is 0.549. The maximum absolute atomic E-state index is 10.9. The Kier molecular flexibility index (Phi) is 9.63. The van der Waals surface area contributed by atoms with Crippen LogP contribution >= 0.6 is 0 Å². The van der Waals surface area contributed by atoms with Crippen molar-refractivity contribution in [3.63, 3.8) is 0 Å². The highest BCUT2D eigenvalue weighted by Crippen LogP contribution is 1.97. The van der Waals surface area contributed by atoms with Gasteiger partial charge in [0.2, 0.25) is 0 Å². The molecule has 0 aromatic rings. The molecule has 0 aliphatic carbocycles. The van der Waals surface area contributed by atoms with E-state index in [1.807, 2.05) is 0 Å². The maximum atomic E-state index is 10.9. The molecule has 0 aliphatic rings. The lowest BCUT2D eigenvalue weighted by molar-refractivity contribution is 0.140. The average molecular weight is 280 g/mol. The number of nitrogens with zero attached hydrogens (tertiary/aromatic N) is 1. The average Bonchev–Trinajstić information content (AvgIpc) is 2.22. The van der Waals surface area contributed by atoms with Gasteiger partial charge in [0.05, 0.1) is 12.4 Å². The first kappa shape index (κ1) is 17.8. The van der Waals surface area contributed by atoms with E-state index in [9.17, 15) is 8.42 Å². The van der Waals surface area contributed by atoms with Gasteiger partial charge >= 0.3 is 0 Å². The van der Waals surface area contributed by atoms with Crippen LogP contribution in [0.4, 0.5) is 0 Å². The summed E-state index contributed by atoms with van der Waals surface area (Å²) in [4.78, 5) is 2.33.